The maximum Gasteiger partial charge on any atom is 0.229 e. The number of para-hydroxylation sites is 1. The fourth-order valence-corrected chi connectivity index (χ4v) is 2.46. The Hall–Kier alpha value is -1.03. The predicted molar refractivity (Wildman–Crippen MR) is 68.2 cm³/mol. The third-order valence-corrected chi connectivity index (χ3v) is 3.27. The first kappa shape index (κ1) is 13.0. The van der Waals surface area contributed by atoms with Crippen molar-refractivity contribution in [2.24, 2.45) is 0 Å². The number of anilines is 1. The standard InChI is InChI=1S/C12H19NO2S/c1-4-10(5-2)11-8-6-7-9-12(11)13-16(3,14)15/h6-10,13H,4-5H2,1-3H3. The van der Waals surface area contributed by atoms with E-state index in [9.17, 15) is 8.42 Å². The van der Waals surface area contributed by atoms with Crippen molar-refractivity contribution in [1.29, 1.82) is 0 Å². The summed E-state index contributed by atoms with van der Waals surface area (Å²) in [5.74, 6) is 0.408. The van der Waals surface area contributed by atoms with E-state index in [1.165, 1.54) is 6.26 Å². The highest BCUT2D eigenvalue weighted by molar-refractivity contribution is 7.92. The summed E-state index contributed by atoms with van der Waals surface area (Å²) in [6.45, 7) is 4.23. The van der Waals surface area contributed by atoms with Crippen molar-refractivity contribution < 1.29 is 8.42 Å². The molecule has 0 saturated heterocycles. The van der Waals surface area contributed by atoms with E-state index in [-0.39, 0.29) is 0 Å². The van der Waals surface area contributed by atoms with Gasteiger partial charge in [-0.25, -0.2) is 8.42 Å². The van der Waals surface area contributed by atoms with Gasteiger partial charge in [-0.05, 0) is 30.4 Å². The number of benzene rings is 1. The SMILES string of the molecule is CCC(CC)c1ccccc1NS(C)(=O)=O. The highest BCUT2D eigenvalue weighted by Crippen LogP contribution is 2.29. The number of rotatable bonds is 5. The van der Waals surface area contributed by atoms with Crippen LogP contribution in [0.1, 0.15) is 38.2 Å². The van der Waals surface area contributed by atoms with Gasteiger partial charge in [0.1, 0.15) is 0 Å². The molecular weight excluding hydrogens is 222 g/mol. The van der Waals surface area contributed by atoms with Gasteiger partial charge in [0, 0.05) is 0 Å². The molecule has 4 heteroatoms. The normalized spacial score (nSPS) is 11.8. The minimum atomic E-state index is -3.20. The maximum atomic E-state index is 11.2. The molecule has 0 saturated carbocycles. The van der Waals surface area contributed by atoms with Crippen LogP contribution in [0.15, 0.2) is 24.3 Å². The lowest BCUT2D eigenvalue weighted by atomic mass is 9.93. The van der Waals surface area contributed by atoms with Crippen LogP contribution in [-0.4, -0.2) is 14.7 Å². The average molecular weight is 241 g/mol. The average Bonchev–Trinajstić information content (AvgIpc) is 2.20. The van der Waals surface area contributed by atoms with Gasteiger partial charge in [0.15, 0.2) is 0 Å². The van der Waals surface area contributed by atoms with Crippen molar-refractivity contribution in [1.82, 2.24) is 0 Å². The lowest BCUT2D eigenvalue weighted by Crippen LogP contribution is -2.12. The van der Waals surface area contributed by atoms with Crippen LogP contribution in [0.2, 0.25) is 0 Å². The summed E-state index contributed by atoms with van der Waals surface area (Å²) in [6, 6.07) is 7.60. The van der Waals surface area contributed by atoms with Crippen LogP contribution in [0.5, 0.6) is 0 Å². The molecule has 3 nitrogen and oxygen atoms in total. The molecule has 0 unspecified atom stereocenters. The Kier molecular flexibility index (Phi) is 4.35. The second kappa shape index (κ2) is 5.34. The second-order valence-corrected chi connectivity index (χ2v) is 5.72. The quantitative estimate of drug-likeness (QED) is 0.861. The lowest BCUT2D eigenvalue weighted by Gasteiger charge is -2.17. The van der Waals surface area contributed by atoms with Crippen LogP contribution >= 0.6 is 0 Å². The van der Waals surface area contributed by atoms with Gasteiger partial charge in [-0.15, -0.1) is 0 Å². The molecule has 1 aromatic carbocycles. The molecule has 0 radical (unpaired) electrons. The zero-order valence-electron chi connectivity index (χ0n) is 10.0. The van der Waals surface area contributed by atoms with E-state index < -0.39 is 10.0 Å². The summed E-state index contributed by atoms with van der Waals surface area (Å²) < 4.78 is 25.1. The summed E-state index contributed by atoms with van der Waals surface area (Å²) in [5.41, 5.74) is 1.79. The topological polar surface area (TPSA) is 46.2 Å². The summed E-state index contributed by atoms with van der Waals surface area (Å²) in [6.07, 6.45) is 3.20. The highest BCUT2D eigenvalue weighted by Gasteiger charge is 2.13. The third-order valence-electron chi connectivity index (χ3n) is 2.68. The van der Waals surface area contributed by atoms with Crippen LogP contribution in [0, 0.1) is 0 Å². The van der Waals surface area contributed by atoms with Crippen molar-refractivity contribution >= 4 is 15.7 Å². The minimum Gasteiger partial charge on any atom is -0.283 e. The van der Waals surface area contributed by atoms with Crippen molar-refractivity contribution in [3.63, 3.8) is 0 Å². The molecule has 1 rings (SSSR count). The molecule has 0 aliphatic rings. The van der Waals surface area contributed by atoms with Crippen molar-refractivity contribution in [2.45, 2.75) is 32.6 Å². The molecular formula is C12H19NO2S. The predicted octanol–water partition coefficient (Wildman–Crippen LogP) is 2.96. The number of hydrogen-bond donors (Lipinski definition) is 1. The van der Waals surface area contributed by atoms with Gasteiger partial charge >= 0.3 is 0 Å². The Balaban J connectivity index is 3.09. The summed E-state index contributed by atoms with van der Waals surface area (Å²) in [5, 5.41) is 0. The van der Waals surface area contributed by atoms with Crippen LogP contribution in [0.25, 0.3) is 0 Å². The first-order valence-corrected chi connectivity index (χ1v) is 7.43. The van der Waals surface area contributed by atoms with Gasteiger partial charge < -0.3 is 0 Å². The van der Waals surface area contributed by atoms with Crippen molar-refractivity contribution in [2.75, 3.05) is 11.0 Å². The minimum absolute atomic E-state index is 0.408. The van der Waals surface area contributed by atoms with Crippen LogP contribution in [0.4, 0.5) is 5.69 Å². The zero-order chi connectivity index (χ0) is 12.2. The Labute approximate surface area is 97.9 Å². The molecule has 0 fully saturated rings. The van der Waals surface area contributed by atoms with E-state index >= 15 is 0 Å². The van der Waals surface area contributed by atoms with E-state index in [1.54, 1.807) is 0 Å². The molecule has 16 heavy (non-hydrogen) atoms. The van der Waals surface area contributed by atoms with Crippen LogP contribution in [-0.2, 0) is 10.0 Å². The monoisotopic (exact) mass is 241 g/mol. The van der Waals surface area contributed by atoms with E-state index in [2.05, 4.69) is 18.6 Å². The van der Waals surface area contributed by atoms with E-state index in [1.807, 2.05) is 24.3 Å². The number of nitrogens with one attached hydrogen (secondary N) is 1. The zero-order valence-corrected chi connectivity index (χ0v) is 10.8. The summed E-state index contributed by atoms with van der Waals surface area (Å²) in [7, 11) is -3.20. The van der Waals surface area contributed by atoms with Crippen LogP contribution in [0.3, 0.4) is 0 Å². The highest BCUT2D eigenvalue weighted by atomic mass is 32.2. The molecule has 90 valence electrons. The first-order chi connectivity index (χ1) is 7.48. The summed E-state index contributed by atoms with van der Waals surface area (Å²) in [4.78, 5) is 0. The molecule has 1 aromatic rings. The largest absolute Gasteiger partial charge is 0.283 e. The first-order valence-electron chi connectivity index (χ1n) is 5.54. The fourth-order valence-electron chi connectivity index (χ4n) is 1.87. The molecule has 0 atom stereocenters. The van der Waals surface area contributed by atoms with Gasteiger partial charge in [-0.1, -0.05) is 32.0 Å². The van der Waals surface area contributed by atoms with Gasteiger partial charge in [-0.3, -0.25) is 4.72 Å². The molecule has 1 N–H and O–H groups in total. The molecule has 0 aliphatic carbocycles. The number of sulfonamides is 1. The Bertz CT molecular complexity index is 436. The van der Waals surface area contributed by atoms with E-state index in [0.29, 0.717) is 11.6 Å². The molecule has 0 heterocycles. The van der Waals surface area contributed by atoms with Gasteiger partial charge in [0.2, 0.25) is 10.0 Å². The Morgan fingerprint density at radius 1 is 1.19 bits per heavy atom. The molecule has 0 bridgehead atoms. The Morgan fingerprint density at radius 2 is 1.75 bits per heavy atom. The summed E-state index contributed by atoms with van der Waals surface area (Å²) >= 11 is 0. The van der Waals surface area contributed by atoms with Crippen LogP contribution < -0.4 is 4.72 Å². The van der Waals surface area contributed by atoms with Gasteiger partial charge in [0.05, 0.1) is 11.9 Å². The number of hydrogen-bond acceptors (Lipinski definition) is 2. The van der Waals surface area contributed by atoms with Gasteiger partial charge in [-0.2, -0.15) is 0 Å². The van der Waals surface area contributed by atoms with E-state index in [0.717, 1.165) is 18.4 Å². The lowest BCUT2D eigenvalue weighted by molar-refractivity contribution is 0.606. The fraction of sp³-hybridized carbons (Fsp3) is 0.500. The second-order valence-electron chi connectivity index (χ2n) is 3.97. The molecule has 0 amide bonds. The van der Waals surface area contributed by atoms with Crippen molar-refractivity contribution in [3.8, 4) is 0 Å². The third kappa shape index (κ3) is 3.52. The Morgan fingerprint density at radius 3 is 2.25 bits per heavy atom. The molecule has 0 aromatic heterocycles. The van der Waals surface area contributed by atoms with Gasteiger partial charge in [0.25, 0.3) is 0 Å². The molecule has 0 spiro atoms. The maximum absolute atomic E-state index is 11.2. The molecule has 0 aliphatic heterocycles. The smallest absolute Gasteiger partial charge is 0.229 e. The van der Waals surface area contributed by atoms with E-state index in [4.69, 9.17) is 0 Å². The van der Waals surface area contributed by atoms with Crippen molar-refractivity contribution in [3.05, 3.63) is 29.8 Å².